The molecule has 1 aromatic carbocycles. The maximum atomic E-state index is 12.6. The van der Waals surface area contributed by atoms with Crippen LogP contribution in [0.5, 0.6) is 0 Å². The van der Waals surface area contributed by atoms with Gasteiger partial charge < -0.3 is 9.88 Å². The van der Waals surface area contributed by atoms with Gasteiger partial charge in [-0.25, -0.2) is 4.98 Å². The Morgan fingerprint density at radius 1 is 1.28 bits per heavy atom. The number of aromatic nitrogens is 2. The van der Waals surface area contributed by atoms with Gasteiger partial charge in [0.25, 0.3) is 0 Å². The second-order valence-electron chi connectivity index (χ2n) is 6.65. The van der Waals surface area contributed by atoms with Crippen molar-refractivity contribution >= 4 is 12.0 Å². The minimum Gasteiger partial charge on any atom is -0.347 e. The first-order chi connectivity index (χ1) is 11.9. The van der Waals surface area contributed by atoms with Gasteiger partial charge in [0.15, 0.2) is 0 Å². The average molecular weight is 347 g/mol. The molecule has 0 radical (unpaired) electrons. The quantitative estimate of drug-likeness (QED) is 0.863. The second-order valence-corrected chi connectivity index (χ2v) is 6.65. The number of carbonyl (C=O) groups excluding carboxylic acids is 1. The number of alkyl halides is 3. The number of halogens is 3. The van der Waals surface area contributed by atoms with E-state index in [1.807, 2.05) is 4.90 Å². The van der Waals surface area contributed by atoms with Crippen molar-refractivity contribution < 1.29 is 18.0 Å². The molecule has 2 aliphatic heterocycles. The summed E-state index contributed by atoms with van der Waals surface area (Å²) in [4.78, 5) is 21.8. The van der Waals surface area contributed by atoms with E-state index >= 15 is 0 Å². The van der Waals surface area contributed by atoms with Gasteiger partial charge in [0.05, 0.1) is 5.56 Å². The number of rotatable bonds is 3. The molecule has 1 saturated carbocycles. The van der Waals surface area contributed by atoms with Gasteiger partial charge in [-0.15, -0.1) is 0 Å². The van der Waals surface area contributed by atoms with Crippen molar-refractivity contribution in [3.8, 4) is 0 Å². The Bertz CT molecular complexity index is 803. The minimum atomic E-state index is -4.36. The van der Waals surface area contributed by atoms with E-state index in [2.05, 4.69) is 9.97 Å². The summed E-state index contributed by atoms with van der Waals surface area (Å²) in [5.74, 6) is 1.15. The molecule has 2 aromatic rings. The van der Waals surface area contributed by atoms with Crippen molar-refractivity contribution in [3.63, 3.8) is 0 Å². The maximum Gasteiger partial charge on any atom is 0.416 e. The molecular weight excluding hydrogens is 331 g/mol. The van der Waals surface area contributed by atoms with Gasteiger partial charge in [-0.1, -0.05) is 12.1 Å². The van der Waals surface area contributed by atoms with Crippen molar-refractivity contribution in [3.05, 3.63) is 59.7 Å². The first-order valence-electron chi connectivity index (χ1n) is 8.05. The lowest BCUT2D eigenvalue weighted by Crippen LogP contribution is -2.46. The molecule has 5 rings (SSSR count). The van der Waals surface area contributed by atoms with Crippen LogP contribution in [-0.2, 0) is 16.5 Å². The van der Waals surface area contributed by atoms with E-state index in [0.29, 0.717) is 18.0 Å². The number of amides is 1. The highest BCUT2D eigenvalue weighted by molar-refractivity contribution is 5.93. The number of hydrogen-bond acceptors (Lipinski definition) is 2. The predicted molar refractivity (Wildman–Crippen MR) is 85.2 cm³/mol. The normalized spacial score (nSPS) is 25.4. The van der Waals surface area contributed by atoms with E-state index in [-0.39, 0.29) is 11.4 Å². The van der Waals surface area contributed by atoms with Gasteiger partial charge in [-0.05, 0) is 42.5 Å². The Hall–Kier alpha value is -2.57. The molecular formula is C18H16F3N3O. The van der Waals surface area contributed by atoms with Crippen LogP contribution in [0, 0.1) is 5.92 Å². The summed E-state index contributed by atoms with van der Waals surface area (Å²) in [5, 5.41) is 0. The summed E-state index contributed by atoms with van der Waals surface area (Å²) in [7, 11) is 0. The zero-order valence-corrected chi connectivity index (χ0v) is 13.3. The molecule has 130 valence electrons. The molecule has 3 fully saturated rings. The van der Waals surface area contributed by atoms with Crippen LogP contribution >= 0.6 is 0 Å². The van der Waals surface area contributed by atoms with Gasteiger partial charge in [0.2, 0.25) is 5.91 Å². The molecule has 3 aliphatic rings. The third kappa shape index (κ3) is 2.63. The number of H-pyrrole nitrogens is 1. The van der Waals surface area contributed by atoms with Crippen LogP contribution in [0.25, 0.3) is 6.08 Å². The van der Waals surface area contributed by atoms with E-state index < -0.39 is 11.7 Å². The van der Waals surface area contributed by atoms with E-state index in [4.69, 9.17) is 0 Å². The SMILES string of the molecule is O=C(C=Cc1ccc(C(F)(F)F)cc1)N1CC2CC1(c1ncc[nH]1)C2. The molecule has 1 amide bonds. The topological polar surface area (TPSA) is 49.0 Å². The summed E-state index contributed by atoms with van der Waals surface area (Å²) in [6.45, 7) is 0.691. The Labute approximate surface area is 142 Å². The Morgan fingerprint density at radius 2 is 2.00 bits per heavy atom. The smallest absolute Gasteiger partial charge is 0.347 e. The molecule has 0 atom stereocenters. The first-order valence-corrected chi connectivity index (χ1v) is 8.05. The third-order valence-corrected chi connectivity index (χ3v) is 5.07. The molecule has 1 N–H and O–H groups in total. The van der Waals surface area contributed by atoms with Crippen molar-refractivity contribution in [2.75, 3.05) is 6.54 Å². The highest BCUT2D eigenvalue weighted by Gasteiger charge is 2.59. The Balaban J connectivity index is 1.50. The molecule has 3 heterocycles. The molecule has 1 aromatic heterocycles. The zero-order chi connectivity index (χ0) is 17.7. The van der Waals surface area contributed by atoms with Gasteiger partial charge in [0, 0.05) is 25.0 Å². The fourth-order valence-electron chi connectivity index (χ4n) is 3.86. The van der Waals surface area contributed by atoms with Crippen molar-refractivity contribution in [2.24, 2.45) is 5.92 Å². The summed E-state index contributed by atoms with van der Waals surface area (Å²) < 4.78 is 37.7. The molecule has 0 unspecified atom stereocenters. The number of nitrogens with one attached hydrogen (secondary N) is 1. The summed E-state index contributed by atoms with van der Waals surface area (Å²) in [5.41, 5.74) is -0.497. The third-order valence-electron chi connectivity index (χ3n) is 5.07. The molecule has 7 heteroatoms. The van der Waals surface area contributed by atoms with Crippen molar-refractivity contribution in [2.45, 2.75) is 24.6 Å². The highest BCUT2D eigenvalue weighted by atomic mass is 19.4. The molecule has 2 bridgehead atoms. The van der Waals surface area contributed by atoms with Crippen LogP contribution in [0.3, 0.4) is 0 Å². The number of aromatic amines is 1. The van der Waals surface area contributed by atoms with Crippen LogP contribution in [-0.4, -0.2) is 27.3 Å². The van der Waals surface area contributed by atoms with Crippen LogP contribution in [0.2, 0.25) is 0 Å². The largest absolute Gasteiger partial charge is 0.416 e. The summed E-state index contributed by atoms with van der Waals surface area (Å²) in [6, 6.07) is 4.75. The number of imidazole rings is 1. The molecule has 1 aliphatic carbocycles. The molecule has 2 saturated heterocycles. The van der Waals surface area contributed by atoms with Gasteiger partial charge in [-0.2, -0.15) is 13.2 Å². The number of fused-ring (bicyclic) bond motifs is 1. The molecule has 25 heavy (non-hydrogen) atoms. The molecule has 4 nitrogen and oxygen atoms in total. The summed E-state index contributed by atoms with van der Waals surface area (Å²) in [6.07, 6.45) is 3.85. The van der Waals surface area contributed by atoms with Crippen LogP contribution in [0.15, 0.2) is 42.7 Å². The van der Waals surface area contributed by atoms with E-state index in [1.165, 1.54) is 18.2 Å². The maximum absolute atomic E-state index is 12.6. The predicted octanol–water partition coefficient (Wildman–Crippen LogP) is 3.59. The number of benzene rings is 1. The molecule has 0 spiro atoms. The summed E-state index contributed by atoms with van der Waals surface area (Å²) >= 11 is 0. The van der Waals surface area contributed by atoms with Crippen molar-refractivity contribution in [1.29, 1.82) is 0 Å². The monoisotopic (exact) mass is 347 g/mol. The fraction of sp³-hybridized carbons (Fsp3) is 0.333. The first kappa shape index (κ1) is 15.9. The Kier molecular flexibility index (Phi) is 3.49. The Morgan fingerprint density at radius 3 is 2.60 bits per heavy atom. The van der Waals surface area contributed by atoms with E-state index in [1.54, 1.807) is 18.5 Å². The van der Waals surface area contributed by atoms with Gasteiger partial charge >= 0.3 is 6.18 Å². The van der Waals surface area contributed by atoms with Crippen LogP contribution in [0.1, 0.15) is 29.8 Å². The lowest BCUT2D eigenvalue weighted by molar-refractivity contribution is -0.137. The van der Waals surface area contributed by atoms with Crippen molar-refractivity contribution in [1.82, 2.24) is 14.9 Å². The van der Waals surface area contributed by atoms with Crippen LogP contribution in [0.4, 0.5) is 13.2 Å². The fourth-order valence-corrected chi connectivity index (χ4v) is 3.86. The van der Waals surface area contributed by atoms with Gasteiger partial charge in [0.1, 0.15) is 11.4 Å². The number of hydrogen-bond donors (Lipinski definition) is 1. The highest BCUT2D eigenvalue weighted by Crippen LogP contribution is 2.56. The second kappa shape index (κ2) is 5.47. The lowest BCUT2D eigenvalue weighted by Gasteiger charge is -2.40. The zero-order valence-electron chi connectivity index (χ0n) is 13.3. The average Bonchev–Trinajstić information content (AvgIpc) is 3.25. The van der Waals surface area contributed by atoms with Gasteiger partial charge in [-0.3, -0.25) is 4.79 Å². The lowest BCUT2D eigenvalue weighted by atomic mass is 9.72. The number of nitrogens with zero attached hydrogens (tertiary/aromatic N) is 2. The number of carbonyl (C=O) groups is 1. The van der Waals surface area contributed by atoms with Crippen LogP contribution < -0.4 is 0 Å². The minimum absolute atomic E-state index is 0.142. The standard InChI is InChI=1S/C18H16F3N3O/c19-18(20,21)14-4-1-12(2-5-14)3-6-15(25)24-11-13-9-17(24,10-13)16-22-7-8-23-16/h1-8,13H,9-11H2,(H,22,23). The van der Waals surface area contributed by atoms with E-state index in [0.717, 1.165) is 30.8 Å². The van der Waals surface area contributed by atoms with E-state index in [9.17, 15) is 18.0 Å².